The average molecular weight is 317 g/mol. The van der Waals surface area contributed by atoms with Gasteiger partial charge in [0.2, 0.25) is 0 Å². The molecule has 100 valence electrons. The van der Waals surface area contributed by atoms with Gasteiger partial charge in [0.15, 0.2) is 0 Å². The van der Waals surface area contributed by atoms with Crippen molar-refractivity contribution >= 4 is 46.4 Å². The first kappa shape index (κ1) is 13.6. The fourth-order valence-corrected chi connectivity index (χ4v) is 3.89. The summed E-state index contributed by atoms with van der Waals surface area (Å²) in [5.41, 5.74) is 1.16. The average Bonchev–Trinajstić information content (AvgIpc) is 3.07. The summed E-state index contributed by atoms with van der Waals surface area (Å²) in [5, 5.41) is 0.772. The van der Waals surface area contributed by atoms with Crippen molar-refractivity contribution in [1.82, 2.24) is 0 Å². The molecule has 0 unspecified atom stereocenters. The van der Waals surface area contributed by atoms with Crippen LogP contribution in [0.4, 0.5) is 0 Å². The molecule has 0 aliphatic rings. The standard InChI is InChI=1S/C17H13ClS2/c1-12-2-10-16(19-12)17-11-9-15(20-17)8-5-13-3-6-14(18)7-4-13/h2-11H,1H3. The SMILES string of the molecule is Cc1ccc(-c2ccc(C=Cc3ccc(Cl)cc3)s2)s1. The lowest BCUT2D eigenvalue weighted by molar-refractivity contribution is 1.64. The third-order valence-corrected chi connectivity index (χ3v) is 5.42. The van der Waals surface area contributed by atoms with Gasteiger partial charge in [0.1, 0.15) is 0 Å². The summed E-state index contributed by atoms with van der Waals surface area (Å²) in [7, 11) is 0. The lowest BCUT2D eigenvalue weighted by Gasteiger charge is -1.93. The van der Waals surface area contributed by atoms with Gasteiger partial charge in [-0.3, -0.25) is 0 Å². The van der Waals surface area contributed by atoms with Crippen LogP contribution in [0, 0.1) is 6.92 Å². The number of rotatable bonds is 3. The van der Waals surface area contributed by atoms with Gasteiger partial charge in [-0.1, -0.05) is 29.8 Å². The van der Waals surface area contributed by atoms with Crippen molar-refractivity contribution in [2.75, 3.05) is 0 Å². The van der Waals surface area contributed by atoms with Crippen LogP contribution in [0.25, 0.3) is 21.9 Å². The lowest BCUT2D eigenvalue weighted by Crippen LogP contribution is -1.69. The van der Waals surface area contributed by atoms with Gasteiger partial charge >= 0.3 is 0 Å². The zero-order chi connectivity index (χ0) is 13.9. The van der Waals surface area contributed by atoms with Crippen LogP contribution >= 0.6 is 34.3 Å². The summed E-state index contributed by atoms with van der Waals surface area (Å²) in [5.74, 6) is 0. The third-order valence-electron chi connectivity index (χ3n) is 2.92. The Hall–Kier alpha value is -1.35. The molecule has 2 aromatic heterocycles. The van der Waals surface area contributed by atoms with Gasteiger partial charge in [0.25, 0.3) is 0 Å². The van der Waals surface area contributed by atoms with E-state index < -0.39 is 0 Å². The molecule has 0 bridgehead atoms. The van der Waals surface area contributed by atoms with Crippen LogP contribution in [0.1, 0.15) is 15.3 Å². The van der Waals surface area contributed by atoms with Crippen LogP contribution in [-0.4, -0.2) is 0 Å². The quantitative estimate of drug-likeness (QED) is 0.510. The summed E-state index contributed by atoms with van der Waals surface area (Å²) < 4.78 is 0. The summed E-state index contributed by atoms with van der Waals surface area (Å²) in [6, 6.07) is 16.6. The number of hydrogen-bond donors (Lipinski definition) is 0. The zero-order valence-corrected chi connectivity index (χ0v) is 13.4. The molecule has 0 saturated carbocycles. The molecule has 0 saturated heterocycles. The Bertz CT molecular complexity index is 732. The third kappa shape index (κ3) is 3.21. The van der Waals surface area contributed by atoms with E-state index in [2.05, 4.69) is 43.3 Å². The first-order valence-corrected chi connectivity index (χ1v) is 8.32. The van der Waals surface area contributed by atoms with Crippen LogP contribution in [0.2, 0.25) is 5.02 Å². The number of hydrogen-bond acceptors (Lipinski definition) is 2. The van der Waals surface area contributed by atoms with Crippen molar-refractivity contribution in [3.63, 3.8) is 0 Å². The Morgan fingerprint density at radius 1 is 0.800 bits per heavy atom. The molecule has 3 aromatic rings. The summed E-state index contributed by atoms with van der Waals surface area (Å²) in [6.45, 7) is 2.14. The molecule has 0 amide bonds. The second kappa shape index (κ2) is 5.96. The molecule has 3 heteroatoms. The van der Waals surface area contributed by atoms with Crippen molar-refractivity contribution in [2.45, 2.75) is 6.92 Å². The highest BCUT2D eigenvalue weighted by Crippen LogP contribution is 2.33. The van der Waals surface area contributed by atoms with Gasteiger partial charge in [-0.15, -0.1) is 22.7 Å². The van der Waals surface area contributed by atoms with Gasteiger partial charge in [-0.25, -0.2) is 0 Å². The molecule has 0 atom stereocenters. The molecule has 0 aliphatic carbocycles. The maximum absolute atomic E-state index is 5.88. The fourth-order valence-electron chi connectivity index (χ4n) is 1.89. The fraction of sp³-hybridized carbons (Fsp3) is 0.0588. The van der Waals surface area contributed by atoms with Crippen molar-refractivity contribution in [2.24, 2.45) is 0 Å². The first-order chi connectivity index (χ1) is 9.70. The monoisotopic (exact) mass is 316 g/mol. The van der Waals surface area contributed by atoms with Crippen molar-refractivity contribution in [1.29, 1.82) is 0 Å². The topological polar surface area (TPSA) is 0 Å². The molecule has 20 heavy (non-hydrogen) atoms. The Balaban J connectivity index is 1.78. The van der Waals surface area contributed by atoms with Gasteiger partial charge in [-0.05, 0) is 55.0 Å². The minimum absolute atomic E-state index is 0.772. The van der Waals surface area contributed by atoms with E-state index in [4.69, 9.17) is 11.6 Å². The van der Waals surface area contributed by atoms with Crippen molar-refractivity contribution in [3.8, 4) is 9.75 Å². The van der Waals surface area contributed by atoms with Gasteiger partial charge in [0.05, 0.1) is 0 Å². The molecule has 0 radical (unpaired) electrons. The Labute approximate surface area is 132 Å². The van der Waals surface area contributed by atoms with Crippen LogP contribution in [0.3, 0.4) is 0 Å². The Morgan fingerprint density at radius 3 is 2.20 bits per heavy atom. The van der Waals surface area contributed by atoms with E-state index in [9.17, 15) is 0 Å². The molecule has 0 fully saturated rings. The highest BCUT2D eigenvalue weighted by Gasteiger charge is 2.03. The van der Waals surface area contributed by atoms with E-state index in [1.165, 1.54) is 19.5 Å². The number of benzene rings is 1. The van der Waals surface area contributed by atoms with E-state index >= 15 is 0 Å². The largest absolute Gasteiger partial charge is 0.140 e. The second-order valence-corrected chi connectivity index (χ2v) is 7.34. The van der Waals surface area contributed by atoms with Gasteiger partial charge in [-0.2, -0.15) is 0 Å². The van der Waals surface area contributed by atoms with Gasteiger partial charge in [0, 0.05) is 24.5 Å². The molecule has 0 aliphatic heterocycles. The predicted molar refractivity (Wildman–Crippen MR) is 92.7 cm³/mol. The Morgan fingerprint density at radius 2 is 1.50 bits per heavy atom. The molecule has 1 aromatic carbocycles. The first-order valence-electron chi connectivity index (χ1n) is 6.31. The minimum atomic E-state index is 0.772. The van der Waals surface area contributed by atoms with E-state index in [0.29, 0.717) is 0 Å². The zero-order valence-electron chi connectivity index (χ0n) is 11.0. The van der Waals surface area contributed by atoms with Crippen LogP contribution in [0.5, 0.6) is 0 Å². The number of aryl methyl sites for hydroxylation is 1. The van der Waals surface area contributed by atoms with E-state index in [0.717, 1.165) is 10.6 Å². The Kier molecular flexibility index (Phi) is 4.06. The molecular weight excluding hydrogens is 304 g/mol. The maximum Gasteiger partial charge on any atom is 0.0449 e. The van der Waals surface area contributed by atoms with E-state index in [1.807, 2.05) is 46.9 Å². The molecule has 0 spiro atoms. The molecular formula is C17H13ClS2. The van der Waals surface area contributed by atoms with Crippen LogP contribution in [0.15, 0.2) is 48.5 Å². The smallest absolute Gasteiger partial charge is 0.0449 e. The van der Waals surface area contributed by atoms with Crippen LogP contribution in [-0.2, 0) is 0 Å². The molecule has 3 rings (SSSR count). The lowest BCUT2D eigenvalue weighted by atomic mass is 10.2. The maximum atomic E-state index is 5.88. The summed E-state index contributed by atoms with van der Waals surface area (Å²) >= 11 is 9.54. The van der Waals surface area contributed by atoms with Crippen LogP contribution < -0.4 is 0 Å². The normalized spacial score (nSPS) is 11.3. The predicted octanol–water partition coefficient (Wildman–Crippen LogP) is 6.61. The van der Waals surface area contributed by atoms with Crippen molar-refractivity contribution in [3.05, 3.63) is 68.9 Å². The highest BCUT2D eigenvalue weighted by atomic mass is 35.5. The number of halogens is 1. The summed E-state index contributed by atoms with van der Waals surface area (Å²) in [4.78, 5) is 5.30. The number of thiophene rings is 2. The highest BCUT2D eigenvalue weighted by molar-refractivity contribution is 7.22. The van der Waals surface area contributed by atoms with Gasteiger partial charge < -0.3 is 0 Å². The minimum Gasteiger partial charge on any atom is -0.140 e. The van der Waals surface area contributed by atoms with Crippen molar-refractivity contribution < 1.29 is 0 Å². The van der Waals surface area contributed by atoms with E-state index in [-0.39, 0.29) is 0 Å². The van der Waals surface area contributed by atoms with E-state index in [1.54, 1.807) is 0 Å². The molecule has 2 heterocycles. The molecule has 0 N–H and O–H groups in total. The second-order valence-electron chi connectivity index (χ2n) is 4.50. The molecule has 0 nitrogen and oxygen atoms in total. The summed E-state index contributed by atoms with van der Waals surface area (Å²) in [6.07, 6.45) is 4.27.